The minimum absolute atomic E-state index is 0.0206. The number of esters is 2. The van der Waals surface area contributed by atoms with Crippen molar-refractivity contribution in [1.29, 1.82) is 0 Å². The number of non-ortho nitro benzene ring substituents is 2. The molecule has 2 rings (SSSR count). The molecule has 28 heavy (non-hydrogen) atoms. The minimum atomic E-state index is -0.593. The number of ether oxygens (including phenoxy) is 2. The molecule has 0 heterocycles. The predicted octanol–water partition coefficient (Wildman–Crippen LogP) is 3.57. The molecular weight excluding hydrogens is 372 g/mol. The molecule has 0 saturated carbocycles. The average Bonchev–Trinajstić information content (AvgIpc) is 2.65. The van der Waals surface area contributed by atoms with Gasteiger partial charge in [-0.25, -0.2) is 0 Å². The molecule has 0 spiro atoms. The van der Waals surface area contributed by atoms with E-state index in [2.05, 4.69) is 0 Å². The van der Waals surface area contributed by atoms with Crippen LogP contribution in [0.5, 0.6) is 11.5 Å². The fourth-order valence-electron chi connectivity index (χ4n) is 2.22. The summed E-state index contributed by atoms with van der Waals surface area (Å²) in [6.45, 7) is 0. The maximum Gasteiger partial charge on any atom is 0.311 e. The molecule has 2 aromatic carbocycles. The van der Waals surface area contributed by atoms with Crippen LogP contribution in [0.25, 0.3) is 0 Å². The van der Waals surface area contributed by atoms with Crippen LogP contribution >= 0.6 is 0 Å². The fraction of sp³-hybridized carbons (Fsp3) is 0.222. The van der Waals surface area contributed by atoms with E-state index < -0.39 is 21.8 Å². The van der Waals surface area contributed by atoms with Gasteiger partial charge in [-0.15, -0.1) is 0 Å². The van der Waals surface area contributed by atoms with E-state index in [0.29, 0.717) is 12.8 Å². The molecule has 0 N–H and O–H groups in total. The normalized spacial score (nSPS) is 10.1. The van der Waals surface area contributed by atoms with Gasteiger partial charge in [0.25, 0.3) is 11.4 Å². The van der Waals surface area contributed by atoms with Gasteiger partial charge in [-0.2, -0.15) is 0 Å². The number of nitro groups is 2. The summed E-state index contributed by atoms with van der Waals surface area (Å²) in [4.78, 5) is 43.7. The SMILES string of the molecule is O=C(CCCCC(=O)Oc1cccc([N+](=O)[O-])c1)Oc1cccc([N+](=O)[O-])c1. The molecule has 146 valence electrons. The lowest BCUT2D eigenvalue weighted by molar-refractivity contribution is -0.385. The van der Waals surface area contributed by atoms with E-state index in [9.17, 15) is 29.8 Å². The molecule has 0 bridgehead atoms. The van der Waals surface area contributed by atoms with Gasteiger partial charge in [-0.05, 0) is 25.0 Å². The second-order valence-electron chi connectivity index (χ2n) is 5.66. The van der Waals surface area contributed by atoms with E-state index in [1.54, 1.807) is 0 Å². The van der Waals surface area contributed by atoms with Crippen molar-refractivity contribution in [1.82, 2.24) is 0 Å². The van der Waals surface area contributed by atoms with E-state index in [4.69, 9.17) is 9.47 Å². The Morgan fingerprint density at radius 3 is 1.50 bits per heavy atom. The Kier molecular flexibility index (Phi) is 7.14. The summed E-state index contributed by atoms with van der Waals surface area (Å²) in [6.07, 6.45) is 0.731. The summed E-state index contributed by atoms with van der Waals surface area (Å²) in [5, 5.41) is 21.4. The second-order valence-corrected chi connectivity index (χ2v) is 5.66. The monoisotopic (exact) mass is 388 g/mol. The Bertz CT molecular complexity index is 823. The van der Waals surface area contributed by atoms with Gasteiger partial charge in [0.2, 0.25) is 0 Å². The van der Waals surface area contributed by atoms with E-state index in [-0.39, 0.29) is 35.7 Å². The number of carbonyl (C=O) groups is 2. The lowest BCUT2D eigenvalue weighted by Gasteiger charge is -2.05. The van der Waals surface area contributed by atoms with Crippen LogP contribution in [-0.4, -0.2) is 21.8 Å². The number of rotatable bonds is 9. The standard InChI is InChI=1S/C18H16N2O8/c21-17(27-15-7-3-5-13(11-15)19(23)24)9-1-2-10-18(22)28-16-8-4-6-14(12-16)20(25)26/h3-8,11-12H,1-2,9-10H2. The van der Waals surface area contributed by atoms with Gasteiger partial charge in [0.1, 0.15) is 11.5 Å². The molecule has 0 aliphatic carbocycles. The zero-order chi connectivity index (χ0) is 20.5. The fourth-order valence-corrected chi connectivity index (χ4v) is 2.22. The molecule has 0 fully saturated rings. The molecule has 0 amide bonds. The van der Waals surface area contributed by atoms with Crippen molar-refractivity contribution in [3.05, 3.63) is 68.8 Å². The smallest absolute Gasteiger partial charge is 0.311 e. The van der Waals surface area contributed by atoms with Gasteiger partial charge in [0.05, 0.1) is 22.0 Å². The number of hydrogen-bond donors (Lipinski definition) is 0. The van der Waals surface area contributed by atoms with Crippen LogP contribution in [0.4, 0.5) is 11.4 Å². The maximum absolute atomic E-state index is 11.8. The van der Waals surface area contributed by atoms with Gasteiger partial charge in [0.15, 0.2) is 0 Å². The van der Waals surface area contributed by atoms with Crippen LogP contribution in [0.3, 0.4) is 0 Å². The molecular formula is C18H16N2O8. The van der Waals surface area contributed by atoms with Crippen LogP contribution in [0.15, 0.2) is 48.5 Å². The molecule has 10 heteroatoms. The Morgan fingerprint density at radius 2 is 1.14 bits per heavy atom. The molecule has 2 aromatic rings. The first-order chi connectivity index (χ1) is 13.3. The summed E-state index contributed by atoms with van der Waals surface area (Å²) in [5.74, 6) is -1.01. The van der Waals surface area contributed by atoms with Gasteiger partial charge >= 0.3 is 11.9 Å². The van der Waals surface area contributed by atoms with Crippen LogP contribution in [-0.2, 0) is 9.59 Å². The summed E-state index contributed by atoms with van der Waals surface area (Å²) in [5.41, 5.74) is -0.372. The van der Waals surface area contributed by atoms with Gasteiger partial charge in [0, 0.05) is 25.0 Å². The molecule has 0 unspecified atom stereocenters. The van der Waals surface area contributed by atoms with Crippen LogP contribution in [0.2, 0.25) is 0 Å². The molecule has 0 radical (unpaired) electrons. The second kappa shape index (κ2) is 9.76. The third kappa shape index (κ3) is 6.48. The lowest BCUT2D eigenvalue weighted by atomic mass is 10.2. The van der Waals surface area contributed by atoms with Crippen molar-refractivity contribution < 1.29 is 28.9 Å². The number of nitrogens with zero attached hydrogens (tertiary/aromatic N) is 2. The van der Waals surface area contributed by atoms with Crippen molar-refractivity contribution in [2.75, 3.05) is 0 Å². The maximum atomic E-state index is 11.8. The first-order valence-corrected chi connectivity index (χ1v) is 8.25. The van der Waals surface area contributed by atoms with E-state index in [1.807, 2.05) is 0 Å². The highest BCUT2D eigenvalue weighted by Gasteiger charge is 2.12. The van der Waals surface area contributed by atoms with Crippen molar-refractivity contribution >= 4 is 23.3 Å². The molecule has 10 nitrogen and oxygen atoms in total. The van der Waals surface area contributed by atoms with Crippen molar-refractivity contribution in [2.24, 2.45) is 0 Å². The number of carbonyl (C=O) groups excluding carboxylic acids is 2. The zero-order valence-electron chi connectivity index (χ0n) is 14.6. The van der Waals surface area contributed by atoms with E-state index >= 15 is 0 Å². The number of hydrogen-bond acceptors (Lipinski definition) is 8. The zero-order valence-corrected chi connectivity index (χ0v) is 14.6. The van der Waals surface area contributed by atoms with Gasteiger partial charge < -0.3 is 9.47 Å². The predicted molar refractivity (Wildman–Crippen MR) is 95.9 cm³/mol. The minimum Gasteiger partial charge on any atom is -0.426 e. The van der Waals surface area contributed by atoms with Crippen molar-refractivity contribution in [2.45, 2.75) is 25.7 Å². The van der Waals surface area contributed by atoms with Crippen molar-refractivity contribution in [3.63, 3.8) is 0 Å². The molecule has 0 saturated heterocycles. The molecule has 0 atom stereocenters. The quantitative estimate of drug-likeness (QED) is 0.209. The highest BCUT2D eigenvalue weighted by atomic mass is 16.6. The number of nitro benzene ring substituents is 2. The molecule has 0 aliphatic rings. The third-order valence-corrected chi connectivity index (χ3v) is 3.53. The average molecular weight is 388 g/mol. The third-order valence-electron chi connectivity index (χ3n) is 3.53. The molecule has 0 aliphatic heterocycles. The highest BCUT2D eigenvalue weighted by Crippen LogP contribution is 2.21. The number of benzene rings is 2. The Balaban J connectivity index is 1.72. The summed E-state index contributed by atoms with van der Waals surface area (Å²) in [7, 11) is 0. The van der Waals surface area contributed by atoms with E-state index in [0.717, 1.165) is 12.1 Å². The highest BCUT2D eigenvalue weighted by molar-refractivity contribution is 5.73. The lowest BCUT2D eigenvalue weighted by Crippen LogP contribution is -2.10. The van der Waals surface area contributed by atoms with Crippen molar-refractivity contribution in [3.8, 4) is 11.5 Å². The Hall–Kier alpha value is -3.82. The van der Waals surface area contributed by atoms with Crippen LogP contribution in [0.1, 0.15) is 25.7 Å². The van der Waals surface area contributed by atoms with Gasteiger partial charge in [-0.1, -0.05) is 12.1 Å². The Morgan fingerprint density at radius 1 is 0.750 bits per heavy atom. The van der Waals surface area contributed by atoms with Crippen LogP contribution in [0, 0.1) is 20.2 Å². The summed E-state index contributed by atoms with van der Waals surface area (Å²) >= 11 is 0. The summed E-state index contributed by atoms with van der Waals surface area (Å²) < 4.78 is 10.0. The molecule has 0 aromatic heterocycles. The Labute approximate surface area is 159 Å². The topological polar surface area (TPSA) is 139 Å². The van der Waals surface area contributed by atoms with Gasteiger partial charge in [-0.3, -0.25) is 29.8 Å². The first-order valence-electron chi connectivity index (χ1n) is 8.25. The number of unbranched alkanes of at least 4 members (excludes halogenated alkanes) is 1. The first kappa shape index (κ1) is 20.5. The van der Waals surface area contributed by atoms with Crippen LogP contribution < -0.4 is 9.47 Å². The van der Waals surface area contributed by atoms with E-state index in [1.165, 1.54) is 36.4 Å². The largest absolute Gasteiger partial charge is 0.426 e. The summed E-state index contributed by atoms with van der Waals surface area (Å²) in [6, 6.07) is 10.5.